The molecule has 29 heavy (non-hydrogen) atoms. The predicted octanol–water partition coefficient (Wildman–Crippen LogP) is 7.51. The van der Waals surface area contributed by atoms with Crippen LogP contribution in [0.1, 0.15) is 47.1 Å². The number of benzene rings is 2. The van der Waals surface area contributed by atoms with Crippen LogP contribution in [-0.2, 0) is 6.42 Å². The Kier molecular flexibility index (Phi) is 8.72. The Morgan fingerprint density at radius 1 is 0.655 bits per heavy atom. The summed E-state index contributed by atoms with van der Waals surface area (Å²) in [6.07, 6.45) is 3.01. The van der Waals surface area contributed by atoms with Crippen molar-refractivity contribution in [2.75, 3.05) is 0 Å². The second kappa shape index (κ2) is 10.6. The fourth-order valence-electron chi connectivity index (χ4n) is 5.38. The maximum Gasteiger partial charge on any atom is 0.0867 e. The summed E-state index contributed by atoms with van der Waals surface area (Å²) < 4.78 is 0. The summed E-state index contributed by atoms with van der Waals surface area (Å²) in [7, 11) is -2.98. The molecule has 0 atom stereocenters. The first-order chi connectivity index (χ1) is 14.0. The van der Waals surface area contributed by atoms with Gasteiger partial charge in [0.05, 0.1) is 16.1 Å². The minimum absolute atomic E-state index is 0.966. The van der Waals surface area contributed by atoms with E-state index in [9.17, 15) is 0 Å². The van der Waals surface area contributed by atoms with Gasteiger partial charge in [-0.3, -0.25) is 0 Å². The SMILES string of the molecule is C=CCc1ccc(-c2ccccc2[Si](CC)(CC)CC)c([Si](CC)(CC)CC)c1. The molecule has 0 fully saturated rings. The van der Waals surface area contributed by atoms with E-state index in [-0.39, 0.29) is 0 Å². The number of hydrogen-bond acceptors (Lipinski definition) is 0. The largest absolute Gasteiger partial charge is 0.103 e. The lowest BCUT2D eigenvalue weighted by atomic mass is 10.0. The predicted molar refractivity (Wildman–Crippen MR) is 139 cm³/mol. The van der Waals surface area contributed by atoms with Crippen molar-refractivity contribution in [3.8, 4) is 11.1 Å². The van der Waals surface area contributed by atoms with E-state index in [2.05, 4.69) is 90.6 Å². The maximum absolute atomic E-state index is 3.99. The monoisotopic (exact) mass is 422 g/mol. The van der Waals surface area contributed by atoms with Gasteiger partial charge in [-0.05, 0) is 23.1 Å². The number of hydrogen-bond donors (Lipinski definition) is 0. The highest BCUT2D eigenvalue weighted by molar-refractivity contribution is 6.94. The fourth-order valence-corrected chi connectivity index (χ4v) is 13.2. The zero-order valence-electron chi connectivity index (χ0n) is 19.8. The van der Waals surface area contributed by atoms with E-state index >= 15 is 0 Å². The smallest absolute Gasteiger partial charge is 0.0867 e. The van der Waals surface area contributed by atoms with Crippen LogP contribution >= 0.6 is 0 Å². The normalized spacial score (nSPS) is 12.2. The summed E-state index contributed by atoms with van der Waals surface area (Å²) >= 11 is 0. The van der Waals surface area contributed by atoms with Crippen molar-refractivity contribution in [3.05, 3.63) is 60.7 Å². The first-order valence-corrected chi connectivity index (χ1v) is 17.1. The molecule has 0 unspecified atom stereocenters. The second-order valence-corrected chi connectivity index (χ2v) is 19.0. The summed E-state index contributed by atoms with van der Waals surface area (Å²) in [6.45, 7) is 18.5. The molecule has 0 saturated carbocycles. The standard InChI is InChI=1S/C27H42Si2/c1-8-17-23-20-21-25(27(22-23)29(12-5,13-6)14-7)24-18-15-16-19-26(24)28(9-2,10-3)11-4/h8,15-16,18-22H,1,9-14,17H2,2-7H3. The Morgan fingerprint density at radius 2 is 1.14 bits per heavy atom. The lowest BCUT2D eigenvalue weighted by Crippen LogP contribution is -2.50. The molecule has 0 aromatic heterocycles. The minimum Gasteiger partial charge on any atom is -0.103 e. The molecular weight excluding hydrogens is 380 g/mol. The third-order valence-corrected chi connectivity index (χ3v) is 19.1. The van der Waals surface area contributed by atoms with Crippen molar-refractivity contribution in [2.45, 2.75) is 84.2 Å². The van der Waals surface area contributed by atoms with Crippen molar-refractivity contribution < 1.29 is 0 Å². The van der Waals surface area contributed by atoms with Gasteiger partial charge in [-0.2, -0.15) is 0 Å². The highest BCUT2D eigenvalue weighted by Gasteiger charge is 2.35. The highest BCUT2D eigenvalue weighted by Crippen LogP contribution is 2.30. The molecule has 158 valence electrons. The van der Waals surface area contributed by atoms with E-state index < -0.39 is 16.1 Å². The van der Waals surface area contributed by atoms with Crippen molar-refractivity contribution in [1.82, 2.24) is 0 Å². The van der Waals surface area contributed by atoms with Gasteiger partial charge in [0.1, 0.15) is 0 Å². The van der Waals surface area contributed by atoms with Crippen LogP contribution in [0.4, 0.5) is 0 Å². The van der Waals surface area contributed by atoms with Crippen LogP contribution in [0, 0.1) is 0 Å². The first kappa shape index (κ1) is 23.9. The Hall–Kier alpha value is -1.39. The third kappa shape index (κ3) is 4.54. The van der Waals surface area contributed by atoms with Gasteiger partial charge in [0.15, 0.2) is 0 Å². The molecular formula is C27H42Si2. The van der Waals surface area contributed by atoms with Crippen molar-refractivity contribution in [3.63, 3.8) is 0 Å². The van der Waals surface area contributed by atoms with Gasteiger partial charge >= 0.3 is 0 Å². The van der Waals surface area contributed by atoms with Crippen LogP contribution < -0.4 is 10.4 Å². The molecule has 0 bridgehead atoms. The number of rotatable bonds is 11. The maximum atomic E-state index is 3.99. The van der Waals surface area contributed by atoms with Crippen molar-refractivity contribution in [2.24, 2.45) is 0 Å². The van der Waals surface area contributed by atoms with E-state index in [4.69, 9.17) is 0 Å². The van der Waals surface area contributed by atoms with Crippen molar-refractivity contribution >= 4 is 26.5 Å². The summed E-state index contributed by atoms with van der Waals surface area (Å²) in [4.78, 5) is 0. The molecule has 0 radical (unpaired) electrons. The summed E-state index contributed by atoms with van der Waals surface area (Å²) in [5.41, 5.74) is 4.50. The molecule has 2 aromatic carbocycles. The van der Waals surface area contributed by atoms with Gasteiger partial charge in [-0.1, -0.05) is 137 Å². The van der Waals surface area contributed by atoms with Gasteiger partial charge in [0.2, 0.25) is 0 Å². The molecule has 2 aromatic rings. The molecule has 0 aliphatic heterocycles. The van der Waals surface area contributed by atoms with E-state index in [0.717, 1.165) is 6.42 Å². The van der Waals surface area contributed by atoms with Crippen LogP contribution in [0.3, 0.4) is 0 Å². The average Bonchev–Trinajstić information content (AvgIpc) is 2.78. The quantitative estimate of drug-likeness (QED) is 0.259. The molecule has 0 saturated heterocycles. The van der Waals surface area contributed by atoms with Gasteiger partial charge in [-0.25, -0.2) is 0 Å². The molecule has 0 spiro atoms. The molecule has 0 nitrogen and oxygen atoms in total. The van der Waals surface area contributed by atoms with Crippen LogP contribution in [-0.4, -0.2) is 16.1 Å². The van der Waals surface area contributed by atoms with E-state index in [0.29, 0.717) is 0 Å². The van der Waals surface area contributed by atoms with E-state index in [1.54, 1.807) is 10.4 Å². The van der Waals surface area contributed by atoms with Crippen LogP contribution in [0.15, 0.2) is 55.1 Å². The molecule has 2 heteroatoms. The van der Waals surface area contributed by atoms with Crippen molar-refractivity contribution in [1.29, 1.82) is 0 Å². The third-order valence-electron chi connectivity index (χ3n) is 7.88. The minimum atomic E-state index is -1.51. The molecule has 0 amide bonds. The topological polar surface area (TPSA) is 0 Å². The summed E-state index contributed by atoms with van der Waals surface area (Å²) in [5, 5.41) is 3.39. The number of allylic oxidation sites excluding steroid dienone is 1. The Morgan fingerprint density at radius 3 is 1.66 bits per heavy atom. The molecule has 0 N–H and O–H groups in total. The van der Waals surface area contributed by atoms with Gasteiger partial charge in [-0.15, -0.1) is 6.58 Å². The van der Waals surface area contributed by atoms with Gasteiger partial charge in [0.25, 0.3) is 0 Å². The first-order valence-electron chi connectivity index (χ1n) is 11.8. The average molecular weight is 423 g/mol. The second-order valence-electron chi connectivity index (χ2n) is 8.60. The van der Waals surface area contributed by atoms with Gasteiger partial charge < -0.3 is 0 Å². The Bertz CT molecular complexity index is 781. The van der Waals surface area contributed by atoms with Crippen LogP contribution in [0.2, 0.25) is 36.3 Å². The molecule has 0 aliphatic carbocycles. The Labute approximate surface area is 182 Å². The molecule has 0 heterocycles. The van der Waals surface area contributed by atoms with Crippen LogP contribution in [0.5, 0.6) is 0 Å². The lowest BCUT2D eigenvalue weighted by Gasteiger charge is -2.35. The van der Waals surface area contributed by atoms with Crippen LogP contribution in [0.25, 0.3) is 11.1 Å². The Balaban J connectivity index is 2.84. The van der Waals surface area contributed by atoms with Gasteiger partial charge in [0, 0.05) is 0 Å². The zero-order chi connectivity index (χ0) is 21.5. The van der Waals surface area contributed by atoms with E-state index in [1.165, 1.54) is 53.0 Å². The zero-order valence-corrected chi connectivity index (χ0v) is 21.8. The highest BCUT2D eigenvalue weighted by atomic mass is 28.3. The van der Waals surface area contributed by atoms with E-state index in [1.807, 2.05) is 6.08 Å². The molecule has 2 rings (SSSR count). The summed E-state index contributed by atoms with van der Waals surface area (Å²) in [5.74, 6) is 0. The summed E-state index contributed by atoms with van der Waals surface area (Å²) in [6, 6.07) is 24.8. The fraction of sp³-hybridized carbons (Fsp3) is 0.481. The lowest BCUT2D eigenvalue weighted by molar-refractivity contribution is 1.19. The molecule has 0 aliphatic rings.